The minimum absolute atomic E-state index is 0.167. The summed E-state index contributed by atoms with van der Waals surface area (Å²) >= 11 is 0. The Hall–Kier alpha value is -0.900. The summed E-state index contributed by atoms with van der Waals surface area (Å²) in [5, 5.41) is 10.5. The zero-order valence-electron chi connectivity index (χ0n) is 4.96. The van der Waals surface area contributed by atoms with Crippen molar-refractivity contribution >= 4 is 12.3 Å². The van der Waals surface area contributed by atoms with Crippen LogP contribution in [0, 0.1) is 0 Å². The van der Waals surface area contributed by atoms with E-state index in [1.165, 1.54) is 19.5 Å². The van der Waals surface area contributed by atoms with E-state index in [1.807, 2.05) is 0 Å². The molecule has 1 saturated heterocycles. The molecular weight excluding hydrogens is 122 g/mol. The fourth-order valence-corrected chi connectivity index (χ4v) is 0.177. The lowest BCUT2D eigenvalue weighted by molar-refractivity contribution is -0.143. The van der Waals surface area contributed by atoms with Crippen LogP contribution in [0.3, 0.4) is 0 Å². The Morgan fingerprint density at radius 1 is 1.56 bits per heavy atom. The highest BCUT2D eigenvalue weighted by Crippen LogP contribution is 1.80. The second-order valence-corrected chi connectivity index (χ2v) is 1.56. The van der Waals surface area contributed by atoms with Gasteiger partial charge < -0.3 is 10.4 Å². The Labute approximate surface area is 52.9 Å². The average Bonchev–Trinajstić information content (AvgIpc) is 1.61. The molecule has 0 bridgehead atoms. The van der Waals surface area contributed by atoms with Crippen molar-refractivity contribution in [3.05, 3.63) is 0 Å². The quantitative estimate of drug-likeness (QED) is 0.363. The lowest BCUT2D eigenvalue weighted by Crippen LogP contribution is -2.29. The first-order valence-electron chi connectivity index (χ1n) is 2.66. The fourth-order valence-electron chi connectivity index (χ4n) is 0.177. The summed E-state index contributed by atoms with van der Waals surface area (Å²) in [6.45, 7) is 2.50. The van der Waals surface area contributed by atoms with E-state index in [4.69, 9.17) is 14.7 Å². The van der Waals surface area contributed by atoms with E-state index >= 15 is 0 Å². The summed E-state index contributed by atoms with van der Waals surface area (Å²) in [5.41, 5.74) is 0. The summed E-state index contributed by atoms with van der Waals surface area (Å²) in [7, 11) is 0. The molecule has 0 aliphatic carbocycles. The molecule has 0 amide bonds. The van der Waals surface area contributed by atoms with Crippen molar-refractivity contribution in [1.29, 1.82) is 0 Å². The Morgan fingerprint density at radius 2 is 1.78 bits per heavy atom. The monoisotopic (exact) mass is 131 g/mol. The molecule has 1 aliphatic heterocycles. The van der Waals surface area contributed by atoms with Crippen molar-refractivity contribution in [3.8, 4) is 0 Å². The van der Waals surface area contributed by atoms with E-state index in [0.29, 0.717) is 0 Å². The summed E-state index contributed by atoms with van der Waals surface area (Å²) in [6, 6.07) is 0. The van der Waals surface area contributed by atoms with Crippen molar-refractivity contribution in [2.45, 2.75) is 6.42 Å². The number of carbonyl (C=O) groups is 2. The first kappa shape index (κ1) is 8.10. The van der Waals surface area contributed by atoms with E-state index in [-0.39, 0.29) is 6.29 Å². The van der Waals surface area contributed by atoms with E-state index in [2.05, 4.69) is 5.32 Å². The van der Waals surface area contributed by atoms with Gasteiger partial charge in [-0.25, -0.2) is 4.79 Å². The molecule has 4 nitrogen and oxygen atoms in total. The molecule has 0 radical (unpaired) electrons. The van der Waals surface area contributed by atoms with Gasteiger partial charge in [-0.2, -0.15) is 0 Å². The highest BCUT2D eigenvalue weighted by molar-refractivity contribution is 6.19. The van der Waals surface area contributed by atoms with Gasteiger partial charge in [-0.3, -0.25) is 4.79 Å². The van der Waals surface area contributed by atoms with Gasteiger partial charge in [0.05, 0.1) is 0 Å². The highest BCUT2D eigenvalue weighted by Gasteiger charge is 1.92. The van der Waals surface area contributed by atoms with Gasteiger partial charge in [-0.05, 0) is 19.5 Å². The molecule has 0 unspecified atom stereocenters. The van der Waals surface area contributed by atoms with Gasteiger partial charge in [0, 0.05) is 0 Å². The molecule has 9 heavy (non-hydrogen) atoms. The third kappa shape index (κ3) is 7.10. The average molecular weight is 131 g/mol. The minimum Gasteiger partial charge on any atom is -0.476 e. The summed E-state index contributed by atoms with van der Waals surface area (Å²) in [6.07, 6.45) is 1.22. The molecule has 0 saturated carbocycles. The predicted octanol–water partition coefficient (Wildman–Crippen LogP) is -0.750. The molecule has 52 valence electrons. The SMILES string of the molecule is C1CNC1.O=CC(=O)O. The first-order chi connectivity index (χ1) is 4.27. The number of carbonyl (C=O) groups excluding carboxylic acids is 1. The van der Waals surface area contributed by atoms with Crippen LogP contribution in [0.4, 0.5) is 0 Å². The third-order valence-corrected chi connectivity index (χ3v) is 0.808. The molecule has 0 aromatic carbocycles. The second-order valence-electron chi connectivity index (χ2n) is 1.56. The van der Waals surface area contributed by atoms with Crippen molar-refractivity contribution in [2.24, 2.45) is 0 Å². The normalized spacial score (nSPS) is 14.2. The van der Waals surface area contributed by atoms with Crippen LogP contribution in [0.1, 0.15) is 6.42 Å². The van der Waals surface area contributed by atoms with E-state index in [0.717, 1.165) is 0 Å². The van der Waals surface area contributed by atoms with Gasteiger partial charge in [-0.15, -0.1) is 0 Å². The maximum atomic E-state index is 9.00. The number of carboxylic acid groups (broad SMARTS) is 1. The van der Waals surface area contributed by atoms with Gasteiger partial charge in [0.1, 0.15) is 0 Å². The summed E-state index contributed by atoms with van der Waals surface area (Å²) < 4.78 is 0. The number of aldehydes is 1. The van der Waals surface area contributed by atoms with Crippen LogP contribution >= 0.6 is 0 Å². The minimum atomic E-state index is -1.43. The van der Waals surface area contributed by atoms with Crippen LogP contribution in [0.25, 0.3) is 0 Å². The Balaban J connectivity index is 0.000000144. The molecule has 1 heterocycles. The Bertz CT molecular complexity index is 94.4. The van der Waals surface area contributed by atoms with E-state index < -0.39 is 5.97 Å². The molecule has 1 aliphatic rings. The molecule has 0 aromatic rings. The zero-order valence-corrected chi connectivity index (χ0v) is 4.96. The summed E-state index contributed by atoms with van der Waals surface area (Å²) in [4.78, 5) is 17.9. The molecule has 2 N–H and O–H groups in total. The number of nitrogens with one attached hydrogen (secondary N) is 1. The highest BCUT2D eigenvalue weighted by atomic mass is 16.4. The zero-order chi connectivity index (χ0) is 7.11. The molecular formula is C5H9NO3. The molecule has 0 spiro atoms. The largest absolute Gasteiger partial charge is 0.476 e. The van der Waals surface area contributed by atoms with Crippen molar-refractivity contribution < 1.29 is 14.7 Å². The summed E-state index contributed by atoms with van der Waals surface area (Å²) in [5.74, 6) is -1.43. The van der Waals surface area contributed by atoms with Gasteiger partial charge in [-0.1, -0.05) is 0 Å². The molecule has 0 atom stereocenters. The molecule has 0 aromatic heterocycles. The molecule has 1 rings (SSSR count). The Kier molecular flexibility index (Phi) is 4.72. The van der Waals surface area contributed by atoms with E-state index in [9.17, 15) is 0 Å². The van der Waals surface area contributed by atoms with Crippen LogP contribution in [0.15, 0.2) is 0 Å². The lowest BCUT2D eigenvalue weighted by atomic mass is 10.3. The van der Waals surface area contributed by atoms with Crippen LogP contribution in [-0.4, -0.2) is 30.5 Å². The Morgan fingerprint density at radius 3 is 1.78 bits per heavy atom. The third-order valence-electron chi connectivity index (χ3n) is 0.808. The van der Waals surface area contributed by atoms with Crippen LogP contribution in [0.5, 0.6) is 0 Å². The maximum absolute atomic E-state index is 9.00. The number of rotatable bonds is 1. The maximum Gasteiger partial charge on any atom is 0.368 e. The van der Waals surface area contributed by atoms with Gasteiger partial charge in [0.15, 0.2) is 0 Å². The molecule has 4 heteroatoms. The fraction of sp³-hybridized carbons (Fsp3) is 0.600. The number of hydrogen-bond donors (Lipinski definition) is 2. The number of aliphatic carboxylic acids is 1. The number of hydrogen-bond acceptors (Lipinski definition) is 3. The van der Waals surface area contributed by atoms with Gasteiger partial charge >= 0.3 is 5.97 Å². The van der Waals surface area contributed by atoms with Crippen LogP contribution < -0.4 is 5.32 Å². The number of carboxylic acids is 1. The van der Waals surface area contributed by atoms with Crippen LogP contribution in [0.2, 0.25) is 0 Å². The van der Waals surface area contributed by atoms with Crippen molar-refractivity contribution in [2.75, 3.05) is 13.1 Å². The standard InChI is InChI=1S/C3H7N.C2H2O3/c1-2-4-3-1;3-1-2(4)5/h4H,1-3H2;1H,(H,4,5). The second kappa shape index (κ2) is 5.24. The van der Waals surface area contributed by atoms with Gasteiger partial charge in [0.2, 0.25) is 6.29 Å². The van der Waals surface area contributed by atoms with Crippen molar-refractivity contribution in [1.82, 2.24) is 5.32 Å². The van der Waals surface area contributed by atoms with Gasteiger partial charge in [0.25, 0.3) is 0 Å². The topological polar surface area (TPSA) is 66.4 Å². The lowest BCUT2D eigenvalue weighted by Gasteiger charge is -2.09. The van der Waals surface area contributed by atoms with Crippen LogP contribution in [-0.2, 0) is 9.59 Å². The smallest absolute Gasteiger partial charge is 0.368 e. The van der Waals surface area contributed by atoms with E-state index in [1.54, 1.807) is 0 Å². The first-order valence-corrected chi connectivity index (χ1v) is 2.66. The molecule has 1 fully saturated rings. The van der Waals surface area contributed by atoms with Crippen molar-refractivity contribution in [3.63, 3.8) is 0 Å². The predicted molar refractivity (Wildman–Crippen MR) is 31.2 cm³/mol.